The van der Waals surface area contributed by atoms with Crippen molar-refractivity contribution in [2.24, 2.45) is 0 Å². The van der Waals surface area contributed by atoms with Gasteiger partial charge in [-0.05, 0) is 32.0 Å². The molecule has 1 saturated heterocycles. The molecule has 2 heterocycles. The van der Waals surface area contributed by atoms with Crippen molar-refractivity contribution >= 4 is 0 Å². The molecule has 86 valence electrons. The lowest BCUT2D eigenvalue weighted by molar-refractivity contribution is 0.254. The summed E-state index contributed by atoms with van der Waals surface area (Å²) in [5.41, 5.74) is 2.51. The third-order valence-corrected chi connectivity index (χ3v) is 3.45. The summed E-state index contributed by atoms with van der Waals surface area (Å²) in [5, 5.41) is 3.40. The SMILES string of the molecule is COc1cc2c(cc1C1CCN1)OC(C)C2. The summed E-state index contributed by atoms with van der Waals surface area (Å²) in [6, 6.07) is 4.72. The minimum atomic E-state index is 0.296. The van der Waals surface area contributed by atoms with E-state index in [2.05, 4.69) is 24.4 Å². The topological polar surface area (TPSA) is 30.5 Å². The van der Waals surface area contributed by atoms with Crippen LogP contribution in [-0.2, 0) is 6.42 Å². The van der Waals surface area contributed by atoms with Crippen molar-refractivity contribution in [1.29, 1.82) is 0 Å². The van der Waals surface area contributed by atoms with Gasteiger partial charge in [-0.1, -0.05) is 0 Å². The molecule has 2 aliphatic heterocycles. The predicted octanol–water partition coefficient (Wildman–Crippen LogP) is 2.05. The molecule has 2 aliphatic rings. The maximum Gasteiger partial charge on any atom is 0.124 e. The Morgan fingerprint density at radius 3 is 2.88 bits per heavy atom. The number of hydrogen-bond donors (Lipinski definition) is 1. The lowest BCUT2D eigenvalue weighted by Crippen LogP contribution is -2.35. The van der Waals surface area contributed by atoms with E-state index in [1.54, 1.807) is 7.11 Å². The Balaban J connectivity index is 2.01. The molecular formula is C13H17NO2. The number of fused-ring (bicyclic) bond motifs is 1. The van der Waals surface area contributed by atoms with Gasteiger partial charge in [0.25, 0.3) is 0 Å². The number of rotatable bonds is 2. The molecule has 1 N–H and O–H groups in total. The van der Waals surface area contributed by atoms with Crippen LogP contribution in [0.1, 0.15) is 30.5 Å². The van der Waals surface area contributed by atoms with Crippen molar-refractivity contribution < 1.29 is 9.47 Å². The van der Waals surface area contributed by atoms with E-state index in [-0.39, 0.29) is 0 Å². The Morgan fingerprint density at radius 1 is 1.44 bits per heavy atom. The smallest absolute Gasteiger partial charge is 0.124 e. The van der Waals surface area contributed by atoms with Gasteiger partial charge in [-0.2, -0.15) is 0 Å². The fraction of sp³-hybridized carbons (Fsp3) is 0.538. The molecule has 0 saturated carbocycles. The first-order chi connectivity index (χ1) is 7.78. The van der Waals surface area contributed by atoms with Gasteiger partial charge in [-0.3, -0.25) is 0 Å². The van der Waals surface area contributed by atoms with Crippen LogP contribution in [0.2, 0.25) is 0 Å². The van der Waals surface area contributed by atoms with E-state index >= 15 is 0 Å². The summed E-state index contributed by atoms with van der Waals surface area (Å²) < 4.78 is 11.2. The van der Waals surface area contributed by atoms with Gasteiger partial charge in [0, 0.05) is 23.6 Å². The van der Waals surface area contributed by atoms with Crippen molar-refractivity contribution in [3.8, 4) is 11.5 Å². The van der Waals surface area contributed by atoms with Gasteiger partial charge in [0.15, 0.2) is 0 Å². The first-order valence-corrected chi connectivity index (χ1v) is 5.89. The molecule has 3 nitrogen and oxygen atoms in total. The second kappa shape index (κ2) is 3.67. The Morgan fingerprint density at radius 2 is 2.25 bits per heavy atom. The van der Waals surface area contributed by atoms with Gasteiger partial charge in [-0.25, -0.2) is 0 Å². The summed E-state index contributed by atoms with van der Waals surface area (Å²) in [7, 11) is 1.74. The van der Waals surface area contributed by atoms with E-state index in [0.717, 1.165) is 24.5 Å². The highest BCUT2D eigenvalue weighted by Crippen LogP contribution is 2.39. The van der Waals surface area contributed by atoms with Crippen LogP contribution < -0.4 is 14.8 Å². The number of ether oxygens (including phenoxy) is 2. The number of benzene rings is 1. The standard InChI is InChI=1S/C13H17NO2/c1-8-5-9-6-13(15-2)10(7-12(9)16-8)11-3-4-14-11/h6-8,11,14H,3-5H2,1-2H3. The van der Waals surface area contributed by atoms with E-state index in [9.17, 15) is 0 Å². The van der Waals surface area contributed by atoms with Gasteiger partial charge in [0.05, 0.1) is 7.11 Å². The van der Waals surface area contributed by atoms with E-state index in [1.807, 2.05) is 0 Å². The van der Waals surface area contributed by atoms with Crippen molar-refractivity contribution in [3.63, 3.8) is 0 Å². The number of hydrogen-bond acceptors (Lipinski definition) is 3. The van der Waals surface area contributed by atoms with Gasteiger partial charge in [0.2, 0.25) is 0 Å². The van der Waals surface area contributed by atoms with E-state index < -0.39 is 0 Å². The first-order valence-electron chi connectivity index (χ1n) is 5.89. The molecule has 0 spiro atoms. The molecular weight excluding hydrogens is 202 g/mol. The second-order valence-electron chi connectivity index (χ2n) is 4.63. The van der Waals surface area contributed by atoms with Crippen molar-refractivity contribution in [1.82, 2.24) is 5.32 Å². The predicted molar refractivity (Wildman–Crippen MR) is 62.1 cm³/mol. The second-order valence-corrected chi connectivity index (χ2v) is 4.63. The molecule has 0 bridgehead atoms. The molecule has 1 aromatic rings. The first kappa shape index (κ1) is 9.97. The maximum atomic E-state index is 5.78. The van der Waals surface area contributed by atoms with Crippen LogP contribution in [-0.4, -0.2) is 19.8 Å². The van der Waals surface area contributed by atoms with E-state index in [1.165, 1.54) is 17.5 Å². The molecule has 0 aliphatic carbocycles. The summed E-state index contributed by atoms with van der Waals surface area (Å²) in [5.74, 6) is 2.03. The Labute approximate surface area is 95.8 Å². The molecule has 1 aromatic carbocycles. The van der Waals surface area contributed by atoms with Crippen LogP contribution in [0.5, 0.6) is 11.5 Å². The van der Waals surface area contributed by atoms with Gasteiger partial charge in [0.1, 0.15) is 17.6 Å². The zero-order valence-electron chi connectivity index (χ0n) is 9.75. The molecule has 3 heteroatoms. The highest BCUT2D eigenvalue weighted by molar-refractivity contribution is 5.50. The normalized spacial score (nSPS) is 26.9. The minimum Gasteiger partial charge on any atom is -0.496 e. The average molecular weight is 219 g/mol. The van der Waals surface area contributed by atoms with E-state index in [4.69, 9.17) is 9.47 Å². The number of nitrogens with one attached hydrogen (secondary N) is 1. The van der Waals surface area contributed by atoms with Crippen LogP contribution >= 0.6 is 0 Å². The zero-order valence-corrected chi connectivity index (χ0v) is 9.75. The molecule has 1 fully saturated rings. The fourth-order valence-electron chi connectivity index (χ4n) is 2.46. The molecule has 0 amide bonds. The van der Waals surface area contributed by atoms with Crippen LogP contribution in [0.15, 0.2) is 12.1 Å². The van der Waals surface area contributed by atoms with Gasteiger partial charge >= 0.3 is 0 Å². The van der Waals surface area contributed by atoms with Crippen molar-refractivity contribution in [2.45, 2.75) is 31.9 Å². The van der Waals surface area contributed by atoms with Crippen molar-refractivity contribution in [3.05, 3.63) is 23.3 Å². The average Bonchev–Trinajstić information content (AvgIpc) is 2.53. The molecule has 3 rings (SSSR count). The highest BCUT2D eigenvalue weighted by atomic mass is 16.5. The summed E-state index contributed by atoms with van der Waals surface area (Å²) in [6.07, 6.45) is 2.47. The molecule has 0 aromatic heterocycles. The Bertz CT molecular complexity index is 413. The summed E-state index contributed by atoms with van der Waals surface area (Å²) in [4.78, 5) is 0. The highest BCUT2D eigenvalue weighted by Gasteiger charge is 2.27. The third-order valence-electron chi connectivity index (χ3n) is 3.45. The largest absolute Gasteiger partial charge is 0.496 e. The number of methoxy groups -OCH3 is 1. The Hall–Kier alpha value is -1.22. The van der Waals surface area contributed by atoms with Gasteiger partial charge < -0.3 is 14.8 Å². The monoisotopic (exact) mass is 219 g/mol. The van der Waals surface area contributed by atoms with Crippen LogP contribution in [0.4, 0.5) is 0 Å². The fourth-order valence-corrected chi connectivity index (χ4v) is 2.46. The van der Waals surface area contributed by atoms with Crippen LogP contribution in [0.25, 0.3) is 0 Å². The Kier molecular flexibility index (Phi) is 2.28. The lowest BCUT2D eigenvalue weighted by atomic mass is 9.95. The quantitative estimate of drug-likeness (QED) is 0.825. The summed E-state index contributed by atoms with van der Waals surface area (Å²) in [6.45, 7) is 3.20. The van der Waals surface area contributed by atoms with Gasteiger partial charge in [-0.15, -0.1) is 0 Å². The molecule has 2 atom stereocenters. The summed E-state index contributed by atoms with van der Waals surface area (Å²) >= 11 is 0. The van der Waals surface area contributed by atoms with Crippen LogP contribution in [0.3, 0.4) is 0 Å². The molecule has 0 radical (unpaired) electrons. The maximum absolute atomic E-state index is 5.78. The minimum absolute atomic E-state index is 0.296. The van der Waals surface area contributed by atoms with Crippen LogP contribution in [0, 0.1) is 0 Å². The lowest BCUT2D eigenvalue weighted by Gasteiger charge is -2.29. The molecule has 2 unspecified atom stereocenters. The van der Waals surface area contributed by atoms with Crippen molar-refractivity contribution in [2.75, 3.05) is 13.7 Å². The zero-order chi connectivity index (χ0) is 11.1. The molecule has 16 heavy (non-hydrogen) atoms. The van der Waals surface area contributed by atoms with E-state index in [0.29, 0.717) is 12.1 Å². The third kappa shape index (κ3) is 1.47.